The fraction of sp³-hybridized carbons (Fsp3) is 0.100. The highest BCUT2D eigenvalue weighted by Gasteiger charge is 2.34. The molecule has 0 saturated carbocycles. The van der Waals surface area contributed by atoms with Crippen molar-refractivity contribution in [3.8, 4) is 29.2 Å². The van der Waals surface area contributed by atoms with Crippen molar-refractivity contribution < 1.29 is 14.6 Å². The van der Waals surface area contributed by atoms with E-state index in [2.05, 4.69) is 4.98 Å². The summed E-state index contributed by atoms with van der Waals surface area (Å²) in [5.74, 6) is 1.06. The largest absolute Gasteiger partial charge is 0.508 e. The first-order valence-electron chi connectivity index (χ1n) is 8.17. The van der Waals surface area contributed by atoms with Crippen molar-refractivity contribution in [3.05, 3.63) is 64.7 Å². The molecule has 3 aromatic rings. The topological polar surface area (TPSA) is 127 Å². The lowest BCUT2D eigenvalue weighted by molar-refractivity contribution is 0.412. The molecule has 4 rings (SSSR count). The first kappa shape index (κ1) is 16.5. The molecule has 0 fully saturated rings. The summed E-state index contributed by atoms with van der Waals surface area (Å²) in [7, 11) is 1.59. The van der Waals surface area contributed by atoms with Gasteiger partial charge in [-0.05, 0) is 23.8 Å². The molecular formula is C20H16N4O3. The number of anilines is 2. The lowest BCUT2D eigenvalue weighted by Gasteiger charge is -2.29. The third-order valence-corrected chi connectivity index (χ3v) is 4.61. The monoisotopic (exact) mass is 360 g/mol. The van der Waals surface area contributed by atoms with Gasteiger partial charge in [0.15, 0.2) is 0 Å². The lowest BCUT2D eigenvalue weighted by atomic mass is 9.82. The molecule has 0 amide bonds. The third-order valence-electron chi connectivity index (χ3n) is 4.61. The molecule has 0 bridgehead atoms. The van der Waals surface area contributed by atoms with Gasteiger partial charge in [0.05, 0.1) is 18.4 Å². The smallest absolute Gasteiger partial charge is 0.227 e. The van der Waals surface area contributed by atoms with Crippen LogP contribution in [0.4, 0.5) is 11.5 Å². The Bertz CT molecular complexity index is 1110. The Labute approximate surface area is 155 Å². The first-order valence-corrected chi connectivity index (χ1v) is 8.17. The SMILES string of the molecule is COc1cccc([C@@H]2c3ccc(O)cc3Oc3nc(N)c(C#N)c(N)c32)c1. The summed E-state index contributed by atoms with van der Waals surface area (Å²) in [6.07, 6.45) is 0. The predicted molar refractivity (Wildman–Crippen MR) is 99.9 cm³/mol. The Hall–Kier alpha value is -3.92. The zero-order valence-electron chi connectivity index (χ0n) is 14.4. The number of nitrogen functional groups attached to an aromatic ring is 2. The van der Waals surface area contributed by atoms with Gasteiger partial charge in [0.25, 0.3) is 0 Å². The number of hydrogen-bond donors (Lipinski definition) is 3. The fourth-order valence-corrected chi connectivity index (χ4v) is 3.36. The molecule has 1 aromatic heterocycles. The number of pyridine rings is 1. The normalized spacial score (nSPS) is 14.4. The van der Waals surface area contributed by atoms with Gasteiger partial charge in [0.2, 0.25) is 5.88 Å². The highest BCUT2D eigenvalue weighted by molar-refractivity contribution is 5.75. The van der Waals surface area contributed by atoms with E-state index in [9.17, 15) is 10.4 Å². The highest BCUT2D eigenvalue weighted by atomic mass is 16.5. The quantitative estimate of drug-likeness (QED) is 0.501. The van der Waals surface area contributed by atoms with E-state index < -0.39 is 0 Å². The van der Waals surface area contributed by atoms with E-state index in [4.69, 9.17) is 20.9 Å². The van der Waals surface area contributed by atoms with Crippen LogP contribution >= 0.6 is 0 Å². The number of aromatic nitrogens is 1. The van der Waals surface area contributed by atoms with E-state index >= 15 is 0 Å². The molecule has 7 heteroatoms. The molecule has 1 aliphatic heterocycles. The number of nitrogens with zero attached hydrogens (tertiary/aromatic N) is 2. The Balaban J connectivity index is 2.04. The molecule has 0 unspecified atom stereocenters. The number of aromatic hydroxyl groups is 1. The number of ether oxygens (including phenoxy) is 2. The molecule has 0 saturated heterocycles. The zero-order chi connectivity index (χ0) is 19.1. The Morgan fingerprint density at radius 1 is 1.22 bits per heavy atom. The van der Waals surface area contributed by atoms with E-state index in [1.54, 1.807) is 19.2 Å². The van der Waals surface area contributed by atoms with Crippen LogP contribution in [0.25, 0.3) is 0 Å². The van der Waals surface area contributed by atoms with Crippen LogP contribution in [0.5, 0.6) is 23.1 Å². The molecule has 27 heavy (non-hydrogen) atoms. The fourth-order valence-electron chi connectivity index (χ4n) is 3.36. The van der Waals surface area contributed by atoms with Gasteiger partial charge >= 0.3 is 0 Å². The van der Waals surface area contributed by atoms with E-state index in [1.807, 2.05) is 30.3 Å². The first-order chi connectivity index (χ1) is 13.0. The van der Waals surface area contributed by atoms with Crippen LogP contribution in [0.15, 0.2) is 42.5 Å². The highest BCUT2D eigenvalue weighted by Crippen LogP contribution is 2.51. The predicted octanol–water partition coefficient (Wildman–Crippen LogP) is 3.12. The van der Waals surface area contributed by atoms with Crippen LogP contribution in [0, 0.1) is 11.3 Å². The summed E-state index contributed by atoms with van der Waals surface area (Å²) in [5.41, 5.74) is 14.7. The maximum atomic E-state index is 9.85. The van der Waals surface area contributed by atoms with E-state index in [-0.39, 0.29) is 34.6 Å². The van der Waals surface area contributed by atoms with Crippen molar-refractivity contribution in [3.63, 3.8) is 0 Å². The molecule has 134 valence electrons. The maximum Gasteiger partial charge on any atom is 0.227 e. The lowest BCUT2D eigenvalue weighted by Crippen LogP contribution is -2.17. The second-order valence-electron chi connectivity index (χ2n) is 6.15. The molecule has 0 radical (unpaired) electrons. The van der Waals surface area contributed by atoms with Crippen LogP contribution in [0.2, 0.25) is 0 Å². The summed E-state index contributed by atoms with van der Waals surface area (Å²) < 4.78 is 11.2. The van der Waals surface area contributed by atoms with Crippen LogP contribution < -0.4 is 20.9 Å². The summed E-state index contributed by atoms with van der Waals surface area (Å²) in [6.45, 7) is 0. The number of phenolic OH excluding ortho intramolecular Hbond substituents is 1. The van der Waals surface area contributed by atoms with Crippen LogP contribution in [-0.4, -0.2) is 17.2 Å². The molecule has 0 spiro atoms. The van der Waals surface area contributed by atoms with Crippen LogP contribution in [0.1, 0.15) is 28.2 Å². The van der Waals surface area contributed by atoms with Gasteiger partial charge in [-0.2, -0.15) is 10.2 Å². The summed E-state index contributed by atoms with van der Waals surface area (Å²) in [6, 6.07) is 14.4. The zero-order valence-corrected chi connectivity index (χ0v) is 14.4. The molecule has 2 aromatic carbocycles. The van der Waals surface area contributed by atoms with Crippen molar-refractivity contribution in [2.75, 3.05) is 18.6 Å². The van der Waals surface area contributed by atoms with E-state index in [0.717, 1.165) is 11.1 Å². The Kier molecular flexibility index (Phi) is 3.74. The molecule has 0 aliphatic carbocycles. The van der Waals surface area contributed by atoms with Crippen LogP contribution in [-0.2, 0) is 0 Å². The molecule has 1 atom stereocenters. The van der Waals surface area contributed by atoms with Gasteiger partial charge in [-0.25, -0.2) is 0 Å². The Morgan fingerprint density at radius 2 is 2.04 bits per heavy atom. The van der Waals surface area contributed by atoms with Crippen molar-refractivity contribution >= 4 is 11.5 Å². The van der Waals surface area contributed by atoms with Gasteiger partial charge in [-0.3, -0.25) is 0 Å². The molecule has 2 heterocycles. The summed E-state index contributed by atoms with van der Waals surface area (Å²) in [5, 5.41) is 19.3. The number of hydrogen-bond acceptors (Lipinski definition) is 7. The van der Waals surface area contributed by atoms with E-state index in [0.29, 0.717) is 17.1 Å². The summed E-state index contributed by atoms with van der Waals surface area (Å²) in [4.78, 5) is 4.23. The van der Waals surface area contributed by atoms with Gasteiger partial charge in [-0.15, -0.1) is 0 Å². The van der Waals surface area contributed by atoms with Crippen molar-refractivity contribution in [1.82, 2.24) is 4.98 Å². The minimum absolute atomic E-state index is 0.00162. The van der Waals surface area contributed by atoms with Crippen molar-refractivity contribution in [2.24, 2.45) is 0 Å². The van der Waals surface area contributed by atoms with Crippen molar-refractivity contribution in [2.45, 2.75) is 5.92 Å². The summed E-state index contributed by atoms with van der Waals surface area (Å²) >= 11 is 0. The van der Waals surface area contributed by atoms with Gasteiger partial charge in [0.1, 0.15) is 34.7 Å². The average Bonchev–Trinajstić information content (AvgIpc) is 2.66. The average molecular weight is 360 g/mol. The Morgan fingerprint density at radius 3 is 2.78 bits per heavy atom. The number of rotatable bonds is 2. The second kappa shape index (κ2) is 6.11. The van der Waals surface area contributed by atoms with Crippen molar-refractivity contribution in [1.29, 1.82) is 5.26 Å². The number of nitrogens with two attached hydrogens (primary N) is 2. The minimum Gasteiger partial charge on any atom is -0.508 e. The minimum atomic E-state index is -0.361. The standard InChI is InChI=1S/C20H16N4O3/c1-26-12-4-2-3-10(7-12)16-13-6-5-11(25)8-15(13)27-20-17(16)18(22)14(9-21)19(23)24-20/h2-8,16,25H,1H3,(H4,22,23,24)/t16-/m1/s1. The maximum absolute atomic E-state index is 9.85. The number of benzene rings is 2. The van der Waals surface area contributed by atoms with Gasteiger partial charge in [0, 0.05) is 17.5 Å². The number of fused-ring (bicyclic) bond motifs is 2. The molecule has 1 aliphatic rings. The number of methoxy groups -OCH3 is 1. The third kappa shape index (κ3) is 2.55. The number of phenols is 1. The number of nitriles is 1. The van der Waals surface area contributed by atoms with Crippen LogP contribution in [0.3, 0.4) is 0 Å². The molecular weight excluding hydrogens is 344 g/mol. The second-order valence-corrected chi connectivity index (χ2v) is 6.15. The van der Waals surface area contributed by atoms with Gasteiger partial charge < -0.3 is 26.0 Å². The molecule has 7 nitrogen and oxygen atoms in total. The molecule has 5 N–H and O–H groups in total. The van der Waals surface area contributed by atoms with Gasteiger partial charge in [-0.1, -0.05) is 18.2 Å². The van der Waals surface area contributed by atoms with E-state index in [1.165, 1.54) is 6.07 Å².